The molecule has 6 aromatic carbocycles. The van der Waals surface area contributed by atoms with Crippen LogP contribution in [0.15, 0.2) is 189 Å². The minimum atomic E-state index is -3.20. The van der Waals surface area contributed by atoms with Crippen LogP contribution in [0.2, 0.25) is 0 Å². The fourth-order valence-corrected chi connectivity index (χ4v) is 26.1. The molecule has 6 aromatic rings. The van der Waals surface area contributed by atoms with Gasteiger partial charge in [0.25, 0.3) is 0 Å². The maximum atomic E-state index is 16.0. The van der Waals surface area contributed by atoms with Gasteiger partial charge in [0.1, 0.15) is 11.5 Å². The standard InChI is InChI=1S/C44H42O4P2S4/c1-47-41-29-17-15-27-38(41)40-31-44(43(40)39-28-16-18-30-42(39)48-2,32-49(45,51-34-19-7-3-8-20-34)52-35-21-9-4-10-22-35)33-50(46,53-36-23-11-5-12-24-36)54-37-25-13-6-14-26-37/h3-30,40,43H,31-33H2,1-2H3. The van der Waals surface area contributed by atoms with Crippen molar-refractivity contribution in [3.8, 4) is 11.5 Å². The highest BCUT2D eigenvalue weighted by Gasteiger charge is 2.61. The molecule has 2 atom stereocenters. The van der Waals surface area contributed by atoms with E-state index in [1.165, 1.54) is 45.5 Å². The summed E-state index contributed by atoms with van der Waals surface area (Å²) in [7, 11) is 3.42. The van der Waals surface area contributed by atoms with Gasteiger partial charge in [-0.05, 0) is 135 Å². The van der Waals surface area contributed by atoms with E-state index >= 15 is 9.13 Å². The molecule has 0 radical (unpaired) electrons. The molecule has 0 amide bonds. The molecule has 0 bridgehead atoms. The molecule has 0 N–H and O–H groups in total. The molecule has 0 aliphatic heterocycles. The first-order valence-corrected chi connectivity index (χ1v) is 27.2. The maximum absolute atomic E-state index is 16.0. The molecule has 4 nitrogen and oxygen atoms in total. The second-order valence-corrected chi connectivity index (χ2v) is 29.6. The molecule has 0 saturated heterocycles. The fourth-order valence-electron chi connectivity index (χ4n) is 7.56. The molecule has 1 aliphatic rings. The van der Waals surface area contributed by atoms with Gasteiger partial charge in [0, 0.05) is 37.8 Å². The normalized spacial score (nSPS) is 16.6. The van der Waals surface area contributed by atoms with Crippen LogP contribution in [0.1, 0.15) is 29.4 Å². The van der Waals surface area contributed by atoms with E-state index in [4.69, 9.17) is 9.47 Å². The SMILES string of the molecule is COc1ccccc1C1CC(CP(=O)(Sc2ccccc2)Sc2ccccc2)(CP(=O)(Sc2ccccc2)Sc2ccccc2)C1c1ccccc1OC. The molecule has 1 fully saturated rings. The molecule has 1 saturated carbocycles. The molecule has 0 aromatic heterocycles. The molecular formula is C44H42O4P2S4. The van der Waals surface area contributed by atoms with Gasteiger partial charge < -0.3 is 9.47 Å². The number of hydrogen-bond donors (Lipinski definition) is 0. The quantitative estimate of drug-likeness (QED) is 0.0895. The molecule has 2 unspecified atom stereocenters. The second kappa shape index (κ2) is 17.7. The third kappa shape index (κ3) is 9.24. The topological polar surface area (TPSA) is 52.6 Å². The smallest absolute Gasteiger partial charge is 0.200 e. The highest BCUT2D eigenvalue weighted by Crippen LogP contribution is 2.84. The van der Waals surface area contributed by atoms with Gasteiger partial charge in [-0.25, -0.2) is 0 Å². The minimum Gasteiger partial charge on any atom is -0.496 e. The van der Waals surface area contributed by atoms with Gasteiger partial charge in [-0.2, -0.15) is 0 Å². The largest absolute Gasteiger partial charge is 0.496 e. The lowest BCUT2D eigenvalue weighted by atomic mass is 9.51. The highest BCUT2D eigenvalue weighted by molar-refractivity contribution is 8.91. The predicted molar refractivity (Wildman–Crippen MR) is 233 cm³/mol. The van der Waals surface area contributed by atoms with E-state index in [0.29, 0.717) is 18.7 Å². The van der Waals surface area contributed by atoms with Crippen molar-refractivity contribution in [3.05, 3.63) is 181 Å². The van der Waals surface area contributed by atoms with Gasteiger partial charge in [0.2, 0.25) is 11.1 Å². The van der Waals surface area contributed by atoms with Crippen molar-refractivity contribution in [2.75, 3.05) is 26.5 Å². The van der Waals surface area contributed by atoms with E-state index in [-0.39, 0.29) is 11.8 Å². The van der Waals surface area contributed by atoms with E-state index in [2.05, 4.69) is 18.2 Å². The lowest BCUT2D eigenvalue weighted by Gasteiger charge is -2.57. The van der Waals surface area contributed by atoms with Crippen LogP contribution in [0.4, 0.5) is 0 Å². The maximum Gasteiger partial charge on any atom is 0.200 e. The first kappa shape index (κ1) is 39.0. The van der Waals surface area contributed by atoms with Crippen molar-refractivity contribution >= 4 is 56.6 Å². The zero-order chi connectivity index (χ0) is 37.4. The summed E-state index contributed by atoms with van der Waals surface area (Å²) in [6.45, 7) is 0. The number of ether oxygens (including phenoxy) is 2. The lowest BCUT2D eigenvalue weighted by Crippen LogP contribution is -2.49. The van der Waals surface area contributed by atoms with Gasteiger partial charge >= 0.3 is 0 Å². The average molecular weight is 825 g/mol. The molecule has 54 heavy (non-hydrogen) atoms. The Hall–Kier alpha value is -3.22. The summed E-state index contributed by atoms with van der Waals surface area (Å²) in [6, 6.07) is 56.6. The van der Waals surface area contributed by atoms with Crippen LogP contribution >= 0.6 is 56.6 Å². The summed E-state index contributed by atoms with van der Waals surface area (Å²) in [5, 5.41) is 0. The van der Waals surface area contributed by atoms with Crippen molar-refractivity contribution in [1.82, 2.24) is 0 Å². The molecular weight excluding hydrogens is 783 g/mol. The summed E-state index contributed by atoms with van der Waals surface area (Å²) >= 11 is 5.87. The first-order chi connectivity index (χ1) is 26.3. The number of hydrogen-bond acceptors (Lipinski definition) is 8. The van der Waals surface area contributed by atoms with Crippen LogP contribution < -0.4 is 9.47 Å². The van der Waals surface area contributed by atoms with E-state index < -0.39 is 16.5 Å². The van der Waals surface area contributed by atoms with Crippen LogP contribution in [0.25, 0.3) is 0 Å². The predicted octanol–water partition coefficient (Wildman–Crippen LogP) is 14.5. The molecule has 10 heteroatoms. The molecule has 0 heterocycles. The van der Waals surface area contributed by atoms with Crippen molar-refractivity contribution in [1.29, 1.82) is 0 Å². The van der Waals surface area contributed by atoms with Crippen molar-refractivity contribution in [2.45, 2.75) is 37.8 Å². The average Bonchev–Trinajstić information content (AvgIpc) is 3.18. The van der Waals surface area contributed by atoms with Crippen LogP contribution in [0.3, 0.4) is 0 Å². The molecule has 1 aliphatic carbocycles. The van der Waals surface area contributed by atoms with E-state index in [0.717, 1.165) is 42.2 Å². The van der Waals surface area contributed by atoms with Crippen molar-refractivity contribution in [3.63, 3.8) is 0 Å². The van der Waals surface area contributed by atoms with Crippen molar-refractivity contribution in [2.24, 2.45) is 5.41 Å². The number of para-hydroxylation sites is 2. The third-order valence-corrected chi connectivity index (χ3v) is 24.8. The summed E-state index contributed by atoms with van der Waals surface area (Å²) in [5.41, 5.74) is -4.93. The van der Waals surface area contributed by atoms with Gasteiger partial charge in [-0.1, -0.05) is 109 Å². The zero-order valence-corrected chi connectivity index (χ0v) is 35.2. The second-order valence-electron chi connectivity index (χ2n) is 13.3. The lowest BCUT2D eigenvalue weighted by molar-refractivity contribution is 0.106. The minimum absolute atomic E-state index is 0.00579. The van der Waals surface area contributed by atoms with Gasteiger partial charge in [-0.15, -0.1) is 0 Å². The van der Waals surface area contributed by atoms with E-state index in [1.807, 2.05) is 152 Å². The summed E-state index contributed by atoms with van der Waals surface area (Å²) in [5.74, 6) is 1.42. The molecule has 0 spiro atoms. The number of benzene rings is 6. The fraction of sp³-hybridized carbons (Fsp3) is 0.182. The Morgan fingerprint density at radius 2 is 0.796 bits per heavy atom. The highest BCUT2D eigenvalue weighted by atomic mass is 33.1. The Labute approximate surface area is 335 Å². The summed E-state index contributed by atoms with van der Waals surface area (Å²) < 4.78 is 44.1. The van der Waals surface area contributed by atoms with E-state index in [1.54, 1.807) is 14.2 Å². The first-order valence-electron chi connectivity index (χ1n) is 17.7. The molecule has 7 rings (SSSR count). The van der Waals surface area contributed by atoms with Crippen LogP contribution in [-0.4, -0.2) is 26.5 Å². The Morgan fingerprint density at radius 3 is 1.17 bits per heavy atom. The summed E-state index contributed by atoms with van der Waals surface area (Å²) in [6.07, 6.45) is 1.41. The Bertz CT molecular complexity index is 2030. The number of methoxy groups -OCH3 is 2. The van der Waals surface area contributed by atoms with E-state index in [9.17, 15) is 0 Å². The zero-order valence-electron chi connectivity index (χ0n) is 30.1. The Morgan fingerprint density at radius 1 is 0.481 bits per heavy atom. The third-order valence-electron chi connectivity index (χ3n) is 9.67. The van der Waals surface area contributed by atoms with Crippen LogP contribution in [0.5, 0.6) is 11.5 Å². The Balaban J connectivity index is 1.42. The van der Waals surface area contributed by atoms with Crippen molar-refractivity contribution < 1.29 is 18.6 Å². The van der Waals surface area contributed by atoms with Gasteiger partial charge in [0.15, 0.2) is 0 Å². The number of rotatable bonds is 16. The summed E-state index contributed by atoms with van der Waals surface area (Å²) in [4.78, 5) is 3.81. The van der Waals surface area contributed by atoms with Crippen LogP contribution in [-0.2, 0) is 9.13 Å². The Kier molecular flexibility index (Phi) is 12.8. The van der Waals surface area contributed by atoms with Gasteiger partial charge in [0.05, 0.1) is 14.2 Å². The molecule has 276 valence electrons. The monoisotopic (exact) mass is 824 g/mol. The van der Waals surface area contributed by atoms with Crippen LogP contribution in [0, 0.1) is 5.41 Å². The van der Waals surface area contributed by atoms with Gasteiger partial charge in [-0.3, -0.25) is 9.13 Å².